The Kier molecular flexibility index (Phi) is 8.22. The molecule has 1 aromatic heterocycles. The van der Waals surface area contributed by atoms with Gasteiger partial charge in [-0.05, 0) is 70.0 Å². The Morgan fingerprint density at radius 3 is 2.20 bits per heavy atom. The fraction of sp³-hybridized carbons (Fsp3) is 0.321. The fourth-order valence-electron chi connectivity index (χ4n) is 4.38. The maximum atomic E-state index is 13.9. The van der Waals surface area contributed by atoms with Crippen LogP contribution in [-0.2, 0) is 17.8 Å². The summed E-state index contributed by atoms with van der Waals surface area (Å²) in [6.07, 6.45) is 0. The summed E-state index contributed by atoms with van der Waals surface area (Å²) in [7, 11) is 0. The summed E-state index contributed by atoms with van der Waals surface area (Å²) in [6, 6.07) is 13.7. The summed E-state index contributed by atoms with van der Waals surface area (Å²) in [4.78, 5) is 41.5. The number of nitrogens with zero attached hydrogens (tertiary/aromatic N) is 2. The van der Waals surface area contributed by atoms with Crippen molar-refractivity contribution >= 4 is 17.7 Å². The van der Waals surface area contributed by atoms with Crippen molar-refractivity contribution in [2.75, 3.05) is 6.61 Å². The molecule has 35 heavy (non-hydrogen) atoms. The third-order valence-corrected chi connectivity index (χ3v) is 6.19. The lowest BCUT2D eigenvalue weighted by atomic mass is 9.98. The molecule has 1 amide bonds. The van der Waals surface area contributed by atoms with Crippen LogP contribution in [0.2, 0.25) is 0 Å². The number of rotatable bonds is 9. The van der Waals surface area contributed by atoms with Crippen molar-refractivity contribution in [3.8, 4) is 0 Å². The van der Waals surface area contributed by atoms with Gasteiger partial charge < -0.3 is 14.2 Å². The second-order valence-corrected chi connectivity index (χ2v) is 8.36. The summed E-state index contributed by atoms with van der Waals surface area (Å²) in [5.74, 6) is -1.45. The van der Waals surface area contributed by atoms with Crippen LogP contribution in [-0.4, -0.2) is 39.8 Å². The average molecular weight is 479 g/mol. The Morgan fingerprint density at radius 2 is 1.63 bits per heavy atom. The second-order valence-electron chi connectivity index (χ2n) is 8.36. The molecule has 7 heteroatoms. The predicted molar refractivity (Wildman–Crippen MR) is 132 cm³/mol. The molecule has 1 atom stereocenters. The van der Waals surface area contributed by atoms with Gasteiger partial charge in [-0.15, -0.1) is 0 Å². The van der Waals surface area contributed by atoms with Gasteiger partial charge in [-0.25, -0.2) is 9.18 Å². The second kappa shape index (κ2) is 11.1. The maximum absolute atomic E-state index is 13.9. The van der Waals surface area contributed by atoms with Crippen molar-refractivity contribution in [3.63, 3.8) is 0 Å². The number of hydrogen-bond acceptors (Lipinski definition) is 4. The first-order chi connectivity index (χ1) is 16.7. The molecule has 0 bridgehead atoms. The van der Waals surface area contributed by atoms with Crippen LogP contribution in [0.1, 0.15) is 68.8 Å². The fourth-order valence-corrected chi connectivity index (χ4v) is 4.38. The molecule has 0 aliphatic rings. The van der Waals surface area contributed by atoms with E-state index in [2.05, 4.69) is 0 Å². The lowest BCUT2D eigenvalue weighted by molar-refractivity contribution is 0.0512. The zero-order valence-electron chi connectivity index (χ0n) is 20.8. The van der Waals surface area contributed by atoms with Crippen molar-refractivity contribution < 1.29 is 23.5 Å². The summed E-state index contributed by atoms with van der Waals surface area (Å²) in [6.45, 7) is 9.67. The van der Waals surface area contributed by atoms with Gasteiger partial charge in [0.2, 0.25) is 0 Å². The quantitative estimate of drug-likeness (QED) is 0.307. The molecule has 0 aliphatic heterocycles. The predicted octanol–water partition coefficient (Wildman–Crippen LogP) is 5.35. The van der Waals surface area contributed by atoms with E-state index in [0.29, 0.717) is 40.2 Å². The van der Waals surface area contributed by atoms with E-state index in [1.165, 1.54) is 17.0 Å². The van der Waals surface area contributed by atoms with E-state index in [0.717, 1.165) is 0 Å². The Balaban J connectivity index is 2.04. The normalized spacial score (nSPS) is 11.7. The maximum Gasteiger partial charge on any atom is 0.355 e. The molecule has 0 spiro atoms. The van der Waals surface area contributed by atoms with Gasteiger partial charge in [-0.1, -0.05) is 30.3 Å². The Hall–Kier alpha value is -3.74. The van der Waals surface area contributed by atoms with Crippen molar-refractivity contribution in [2.45, 2.75) is 53.8 Å². The van der Waals surface area contributed by atoms with E-state index in [1.807, 2.05) is 13.0 Å². The summed E-state index contributed by atoms with van der Waals surface area (Å²) in [5.41, 5.74) is 3.09. The van der Waals surface area contributed by atoms with Crippen molar-refractivity contribution in [2.24, 2.45) is 0 Å². The van der Waals surface area contributed by atoms with E-state index in [-0.39, 0.29) is 30.7 Å². The van der Waals surface area contributed by atoms with E-state index in [1.54, 1.807) is 68.7 Å². The zero-order chi connectivity index (χ0) is 25.7. The molecule has 3 aromatic rings. The molecule has 0 N–H and O–H groups in total. The van der Waals surface area contributed by atoms with Gasteiger partial charge in [-0.2, -0.15) is 0 Å². The molecule has 1 unspecified atom stereocenters. The molecule has 184 valence electrons. The molecule has 2 aromatic carbocycles. The van der Waals surface area contributed by atoms with Crippen LogP contribution in [0.4, 0.5) is 4.39 Å². The molecule has 3 rings (SSSR count). The topological polar surface area (TPSA) is 68.6 Å². The number of carbonyl (C=O) groups excluding carboxylic acids is 3. The van der Waals surface area contributed by atoms with Gasteiger partial charge in [0.15, 0.2) is 5.78 Å². The van der Waals surface area contributed by atoms with Crippen LogP contribution in [0, 0.1) is 19.7 Å². The van der Waals surface area contributed by atoms with Crippen molar-refractivity contribution in [1.82, 2.24) is 9.47 Å². The highest BCUT2D eigenvalue weighted by molar-refractivity contribution is 6.07. The molecule has 0 radical (unpaired) electrons. The highest BCUT2D eigenvalue weighted by Gasteiger charge is 2.33. The Morgan fingerprint density at radius 1 is 1.00 bits per heavy atom. The van der Waals surface area contributed by atoms with Crippen LogP contribution in [0.5, 0.6) is 0 Å². The van der Waals surface area contributed by atoms with E-state index < -0.39 is 12.0 Å². The van der Waals surface area contributed by atoms with E-state index in [9.17, 15) is 18.8 Å². The number of Topliss-reactive ketones (excluding diaryl/α,β-unsaturated/α-hetero) is 1. The first-order valence-electron chi connectivity index (χ1n) is 11.7. The first-order valence-corrected chi connectivity index (χ1v) is 11.7. The Bertz CT molecular complexity index is 1220. The number of aromatic nitrogens is 1. The molecule has 6 nitrogen and oxygen atoms in total. The standard InChI is InChI=1S/C28H31FN2O4/c1-6-30-19(4)24(18(3)25(30)28(34)35-7-2)26(32)20(5)31(17-21-13-15-23(29)16-14-21)27(33)22-11-9-8-10-12-22/h8-16,20H,6-7,17H2,1-5H3. The SMILES string of the molecule is CCOC(=O)c1c(C)c(C(=O)C(C)N(Cc2ccc(F)cc2)C(=O)c2ccccc2)c(C)n1CC. The molecule has 0 saturated carbocycles. The third-order valence-electron chi connectivity index (χ3n) is 6.19. The zero-order valence-corrected chi connectivity index (χ0v) is 20.8. The molecular weight excluding hydrogens is 447 g/mol. The largest absolute Gasteiger partial charge is 0.461 e. The number of ether oxygens (including phenoxy) is 1. The summed E-state index contributed by atoms with van der Waals surface area (Å²) >= 11 is 0. The van der Waals surface area contributed by atoms with Crippen molar-refractivity contribution in [3.05, 3.63) is 94.1 Å². The smallest absolute Gasteiger partial charge is 0.355 e. The van der Waals surface area contributed by atoms with Gasteiger partial charge in [0, 0.05) is 29.9 Å². The minimum Gasteiger partial charge on any atom is -0.461 e. The monoisotopic (exact) mass is 478 g/mol. The van der Waals surface area contributed by atoms with Gasteiger partial charge in [0.1, 0.15) is 11.5 Å². The third kappa shape index (κ3) is 5.34. The minimum atomic E-state index is -0.840. The lowest BCUT2D eigenvalue weighted by Crippen LogP contribution is -2.43. The molecular formula is C28H31FN2O4. The van der Waals surface area contributed by atoms with Crippen LogP contribution < -0.4 is 0 Å². The molecule has 1 heterocycles. The van der Waals surface area contributed by atoms with Crippen LogP contribution >= 0.6 is 0 Å². The van der Waals surface area contributed by atoms with E-state index >= 15 is 0 Å². The van der Waals surface area contributed by atoms with Crippen LogP contribution in [0.15, 0.2) is 54.6 Å². The summed E-state index contributed by atoms with van der Waals surface area (Å²) < 4.78 is 20.5. The molecule has 0 fully saturated rings. The van der Waals surface area contributed by atoms with E-state index in [4.69, 9.17) is 4.74 Å². The highest BCUT2D eigenvalue weighted by Crippen LogP contribution is 2.27. The van der Waals surface area contributed by atoms with Crippen LogP contribution in [0.25, 0.3) is 0 Å². The number of esters is 1. The number of ketones is 1. The Labute approximate surface area is 205 Å². The minimum absolute atomic E-state index is 0.123. The number of benzene rings is 2. The molecule has 0 saturated heterocycles. The van der Waals surface area contributed by atoms with Gasteiger partial charge in [0.05, 0.1) is 12.6 Å². The van der Waals surface area contributed by atoms with Crippen molar-refractivity contribution in [1.29, 1.82) is 0 Å². The number of hydrogen-bond donors (Lipinski definition) is 0. The molecule has 0 aliphatic carbocycles. The highest BCUT2D eigenvalue weighted by atomic mass is 19.1. The van der Waals surface area contributed by atoms with Crippen LogP contribution in [0.3, 0.4) is 0 Å². The number of amides is 1. The number of carbonyl (C=O) groups is 3. The number of halogens is 1. The first kappa shape index (κ1) is 25.9. The van der Waals surface area contributed by atoms with Gasteiger partial charge in [-0.3, -0.25) is 9.59 Å². The average Bonchev–Trinajstić information content (AvgIpc) is 3.12. The van der Waals surface area contributed by atoms with Gasteiger partial charge >= 0.3 is 5.97 Å². The lowest BCUT2D eigenvalue weighted by Gasteiger charge is -2.29. The summed E-state index contributed by atoms with van der Waals surface area (Å²) in [5, 5.41) is 0. The van der Waals surface area contributed by atoms with Gasteiger partial charge in [0.25, 0.3) is 5.91 Å².